The van der Waals surface area contributed by atoms with Crippen molar-refractivity contribution in [3.05, 3.63) is 53.3 Å². The van der Waals surface area contributed by atoms with Gasteiger partial charge in [0.2, 0.25) is 0 Å². The van der Waals surface area contributed by atoms with Gasteiger partial charge in [0.25, 0.3) is 0 Å². The highest BCUT2D eigenvalue weighted by molar-refractivity contribution is 7.52. The summed E-state index contributed by atoms with van der Waals surface area (Å²) in [5.41, 5.74) is 0.0865. The first-order chi connectivity index (χ1) is 16.6. The summed E-state index contributed by atoms with van der Waals surface area (Å²) >= 11 is 0. The summed E-state index contributed by atoms with van der Waals surface area (Å²) in [6, 6.07) is 6.13. The maximum Gasteiger partial charge on any atom is 0.459 e. The van der Waals surface area contributed by atoms with Crippen molar-refractivity contribution in [2.24, 2.45) is 0 Å². The number of pyridine rings is 1. The van der Waals surface area contributed by atoms with Crippen LogP contribution in [0.15, 0.2) is 36.5 Å². The van der Waals surface area contributed by atoms with Crippen molar-refractivity contribution in [3.8, 4) is 11.5 Å². The number of aromatic hydroxyl groups is 1. The molecule has 0 aliphatic heterocycles. The van der Waals surface area contributed by atoms with E-state index in [1.54, 1.807) is 18.2 Å². The van der Waals surface area contributed by atoms with Crippen LogP contribution >= 0.6 is 7.75 Å². The van der Waals surface area contributed by atoms with E-state index >= 15 is 0 Å². The zero-order chi connectivity index (χ0) is 27.3. The van der Waals surface area contributed by atoms with E-state index in [0.717, 1.165) is 6.92 Å². The monoisotopic (exact) mass is 442 g/mol. The minimum Gasteiger partial charge on any atom is -0.505 e. The van der Waals surface area contributed by atoms with Gasteiger partial charge in [0.1, 0.15) is 17.5 Å². The maximum absolute atomic E-state index is 13.5. The minimum atomic E-state index is -4.46. The Morgan fingerprint density at radius 1 is 1.37 bits per heavy atom. The minimum absolute atomic E-state index is 0.0619. The summed E-state index contributed by atoms with van der Waals surface area (Å²) in [5, 5.41) is 12.3. The first-order valence-electron chi connectivity index (χ1n) is 11.7. The van der Waals surface area contributed by atoms with Crippen LogP contribution in [0.3, 0.4) is 0 Å². The predicted octanol–water partition coefficient (Wildman–Crippen LogP) is 3.54. The SMILES string of the molecule is [2H]C([2H])([2H])C(OC(=O)[C@H](C)NP(=O)(OCc1cnc(C)c(O)c1C=O)Oc1ccccc1)C([2H])([2H])[2H]. The lowest BCUT2D eigenvalue weighted by Crippen LogP contribution is -2.36. The summed E-state index contributed by atoms with van der Waals surface area (Å²) in [4.78, 5) is 27.9. The van der Waals surface area contributed by atoms with Gasteiger partial charge in [-0.05, 0) is 39.7 Å². The van der Waals surface area contributed by atoms with Crippen LogP contribution in [0.5, 0.6) is 11.5 Å². The highest BCUT2D eigenvalue weighted by Gasteiger charge is 2.33. The lowest BCUT2D eigenvalue weighted by atomic mass is 10.1. The fourth-order valence-electron chi connectivity index (χ4n) is 2.27. The number of benzene rings is 1. The van der Waals surface area contributed by atoms with Crippen LogP contribution in [0.4, 0.5) is 0 Å². The fourth-order valence-corrected chi connectivity index (χ4v) is 3.74. The van der Waals surface area contributed by atoms with Gasteiger partial charge in [0.15, 0.2) is 6.29 Å². The smallest absolute Gasteiger partial charge is 0.459 e. The molecule has 0 saturated carbocycles. The second kappa shape index (κ2) is 10.3. The fraction of sp³-hybridized carbons (Fsp3) is 0.350. The zero-order valence-corrected chi connectivity index (χ0v) is 17.1. The molecule has 2 N–H and O–H groups in total. The number of carbonyl (C=O) groups excluding carboxylic acids is 2. The highest BCUT2D eigenvalue weighted by Crippen LogP contribution is 2.46. The largest absolute Gasteiger partial charge is 0.505 e. The van der Waals surface area contributed by atoms with Crippen molar-refractivity contribution < 1.29 is 41.3 Å². The number of esters is 1. The van der Waals surface area contributed by atoms with E-state index < -0.39 is 51.9 Å². The number of nitrogens with zero attached hydrogens (tertiary/aromatic N) is 1. The first kappa shape index (κ1) is 16.0. The Morgan fingerprint density at radius 3 is 2.70 bits per heavy atom. The lowest BCUT2D eigenvalue weighted by molar-refractivity contribution is -0.149. The highest BCUT2D eigenvalue weighted by atomic mass is 31.2. The molecule has 10 heteroatoms. The van der Waals surface area contributed by atoms with E-state index in [1.807, 2.05) is 0 Å². The number of hydrogen-bond donors (Lipinski definition) is 2. The third-order valence-corrected chi connectivity index (χ3v) is 5.40. The molecule has 0 radical (unpaired) electrons. The summed E-state index contributed by atoms with van der Waals surface area (Å²) < 4.78 is 73.2. The number of aldehydes is 1. The van der Waals surface area contributed by atoms with Gasteiger partial charge in [-0.3, -0.25) is 19.1 Å². The molecule has 1 unspecified atom stereocenters. The van der Waals surface area contributed by atoms with Crippen molar-refractivity contribution in [1.82, 2.24) is 10.1 Å². The average molecular weight is 442 g/mol. The van der Waals surface area contributed by atoms with Crippen LogP contribution in [0.25, 0.3) is 0 Å². The number of aryl methyl sites for hydroxylation is 1. The van der Waals surface area contributed by atoms with Crippen LogP contribution in [0, 0.1) is 6.92 Å². The molecular formula is C20H25N2O7P. The number of hydrogen-bond acceptors (Lipinski definition) is 8. The van der Waals surface area contributed by atoms with Crippen LogP contribution in [0.2, 0.25) is 0 Å². The number of nitrogens with one attached hydrogen (secondary N) is 1. The summed E-state index contributed by atoms with van der Waals surface area (Å²) in [7, 11) is -4.46. The van der Waals surface area contributed by atoms with Gasteiger partial charge in [-0.15, -0.1) is 0 Å². The number of carbonyl (C=O) groups is 2. The molecular weight excluding hydrogens is 411 g/mol. The summed E-state index contributed by atoms with van der Waals surface area (Å²) in [6.45, 7) is -4.24. The average Bonchev–Trinajstić information content (AvgIpc) is 2.77. The van der Waals surface area contributed by atoms with E-state index in [4.69, 9.17) is 22.0 Å². The van der Waals surface area contributed by atoms with Crippen LogP contribution in [-0.4, -0.2) is 34.5 Å². The van der Waals surface area contributed by atoms with Crippen LogP contribution in [-0.2, 0) is 25.2 Å². The number of aromatic nitrogens is 1. The first-order valence-corrected chi connectivity index (χ1v) is 10.2. The molecule has 1 heterocycles. The Morgan fingerprint density at radius 2 is 2.07 bits per heavy atom. The van der Waals surface area contributed by atoms with Crippen molar-refractivity contribution in [2.75, 3.05) is 0 Å². The van der Waals surface area contributed by atoms with E-state index in [9.17, 15) is 19.3 Å². The molecule has 0 bridgehead atoms. The lowest BCUT2D eigenvalue weighted by Gasteiger charge is -2.23. The van der Waals surface area contributed by atoms with Gasteiger partial charge >= 0.3 is 13.7 Å². The standard InChI is InChI=1S/C20H25N2O7P/c1-13(2)28-20(25)15(4)22-30(26,29-17-8-6-5-7-9-17)27-12-16-10-21-14(3)19(24)18(16)11-23/h5-11,13,15,24H,12H2,1-4H3,(H,22,26)/t15-,30?/m0/s1/i1D3,2D3. The molecule has 1 aromatic heterocycles. The molecule has 1 aromatic carbocycles. The van der Waals surface area contributed by atoms with Crippen molar-refractivity contribution in [2.45, 2.75) is 46.3 Å². The predicted molar refractivity (Wildman–Crippen MR) is 109 cm³/mol. The van der Waals surface area contributed by atoms with Gasteiger partial charge in [-0.1, -0.05) is 18.2 Å². The molecule has 0 saturated heterocycles. The van der Waals surface area contributed by atoms with Crippen molar-refractivity contribution >= 4 is 20.0 Å². The van der Waals surface area contributed by atoms with Crippen molar-refractivity contribution in [1.29, 1.82) is 0 Å². The Balaban J connectivity index is 2.29. The molecule has 2 atom stereocenters. The normalized spacial score (nSPS) is 17.8. The zero-order valence-electron chi connectivity index (χ0n) is 22.2. The Bertz CT molecular complexity index is 1110. The molecule has 0 spiro atoms. The second-order valence-corrected chi connectivity index (χ2v) is 7.79. The molecule has 162 valence electrons. The van der Waals surface area contributed by atoms with Crippen molar-refractivity contribution in [3.63, 3.8) is 0 Å². The van der Waals surface area contributed by atoms with Gasteiger partial charge < -0.3 is 14.4 Å². The molecule has 0 aliphatic rings. The van der Waals surface area contributed by atoms with Crippen LogP contribution in [0.1, 0.15) is 50.5 Å². The Hall–Kier alpha value is -2.74. The molecule has 2 aromatic rings. The number of rotatable bonds is 10. The van der Waals surface area contributed by atoms with E-state index in [2.05, 4.69) is 10.1 Å². The molecule has 2 rings (SSSR count). The van der Waals surface area contributed by atoms with Gasteiger partial charge in [0.05, 0.1) is 24.0 Å². The quantitative estimate of drug-likeness (QED) is 0.323. The van der Waals surface area contributed by atoms with E-state index in [-0.39, 0.29) is 22.6 Å². The van der Waals surface area contributed by atoms with Gasteiger partial charge in [-0.25, -0.2) is 4.57 Å². The van der Waals surface area contributed by atoms with E-state index in [0.29, 0.717) is 6.29 Å². The number of ether oxygens (including phenoxy) is 1. The second-order valence-electron chi connectivity index (χ2n) is 6.09. The molecule has 0 amide bonds. The molecule has 30 heavy (non-hydrogen) atoms. The maximum atomic E-state index is 13.5. The number of para-hydroxylation sites is 1. The summed E-state index contributed by atoms with van der Waals surface area (Å²) in [6.07, 6.45) is -0.836. The van der Waals surface area contributed by atoms with Crippen LogP contribution < -0.4 is 9.61 Å². The Kier molecular flexibility index (Phi) is 5.52. The van der Waals surface area contributed by atoms with Gasteiger partial charge in [-0.2, -0.15) is 5.09 Å². The third-order valence-electron chi connectivity index (χ3n) is 3.77. The summed E-state index contributed by atoms with van der Waals surface area (Å²) in [5.74, 6) is -1.66. The van der Waals surface area contributed by atoms with E-state index in [1.165, 1.54) is 25.3 Å². The topological polar surface area (TPSA) is 124 Å². The molecule has 0 fully saturated rings. The molecule has 9 nitrogen and oxygen atoms in total. The molecule has 0 aliphatic carbocycles. The van der Waals surface area contributed by atoms with Gasteiger partial charge in [0, 0.05) is 20.0 Å². The third kappa shape index (κ3) is 6.38. The Labute approximate surface area is 183 Å².